The fourth-order valence-corrected chi connectivity index (χ4v) is 4.06. The highest BCUT2D eigenvalue weighted by Gasteiger charge is 2.41. The Morgan fingerprint density at radius 2 is 2.15 bits per heavy atom. The fraction of sp³-hybridized carbons (Fsp3) is 0.600. The number of rotatable bonds is 5. The highest BCUT2D eigenvalue weighted by atomic mass is 35.5. The van der Waals surface area contributed by atoms with Gasteiger partial charge in [-0.15, -0.1) is 0 Å². The van der Waals surface area contributed by atoms with Crippen molar-refractivity contribution in [2.75, 3.05) is 7.11 Å². The minimum absolute atomic E-state index is 0.00579. The molecule has 2 amide bonds. The molecule has 27 heavy (non-hydrogen) atoms. The predicted molar refractivity (Wildman–Crippen MR) is 104 cm³/mol. The molecule has 2 aliphatic rings. The first-order valence-electron chi connectivity index (χ1n) is 9.54. The van der Waals surface area contributed by atoms with Crippen LogP contribution < -0.4 is 16.0 Å². The van der Waals surface area contributed by atoms with E-state index in [1.807, 2.05) is 32.0 Å². The summed E-state index contributed by atoms with van der Waals surface area (Å²) in [5.74, 6) is -0.0212. The molecule has 1 aliphatic heterocycles. The van der Waals surface area contributed by atoms with Crippen LogP contribution in [0, 0.1) is 11.8 Å². The Morgan fingerprint density at radius 3 is 2.85 bits per heavy atom. The molecule has 0 bridgehead atoms. The van der Waals surface area contributed by atoms with Gasteiger partial charge in [0.15, 0.2) is 0 Å². The van der Waals surface area contributed by atoms with E-state index in [4.69, 9.17) is 16.3 Å². The van der Waals surface area contributed by atoms with Gasteiger partial charge >= 0.3 is 0 Å². The SMILES string of the molecule is COC1CCC2C(=O)NC(c3cc(CNC(=O)C(C)C)ccc3Cl)NC2C1. The van der Waals surface area contributed by atoms with E-state index in [2.05, 4.69) is 16.0 Å². The Kier molecular flexibility index (Phi) is 6.40. The van der Waals surface area contributed by atoms with Crippen molar-refractivity contribution in [3.05, 3.63) is 34.3 Å². The summed E-state index contributed by atoms with van der Waals surface area (Å²) in [5.41, 5.74) is 1.76. The molecular formula is C20H28ClN3O3. The average Bonchev–Trinajstić information content (AvgIpc) is 2.66. The van der Waals surface area contributed by atoms with Gasteiger partial charge < -0.3 is 15.4 Å². The topological polar surface area (TPSA) is 79.5 Å². The predicted octanol–water partition coefficient (Wildman–Crippen LogP) is 2.51. The Hall–Kier alpha value is -1.63. The number of hydrogen-bond acceptors (Lipinski definition) is 4. The standard InChI is InChI=1S/C20H28ClN3O3/c1-11(2)19(25)22-10-12-4-7-16(21)15(8-12)18-23-17-9-13(27-3)5-6-14(17)20(26)24-18/h4,7-8,11,13-14,17-18,23H,5-6,9-10H2,1-3H3,(H,22,25)(H,24,26). The van der Waals surface area contributed by atoms with E-state index >= 15 is 0 Å². The third kappa shape index (κ3) is 4.62. The molecule has 1 saturated heterocycles. The lowest BCUT2D eigenvalue weighted by molar-refractivity contribution is -0.132. The molecule has 3 N–H and O–H groups in total. The van der Waals surface area contributed by atoms with Crippen molar-refractivity contribution in [3.63, 3.8) is 0 Å². The van der Waals surface area contributed by atoms with Gasteiger partial charge in [0.25, 0.3) is 0 Å². The van der Waals surface area contributed by atoms with E-state index in [0.717, 1.165) is 30.4 Å². The number of carbonyl (C=O) groups is 2. The third-order valence-electron chi connectivity index (χ3n) is 5.50. The van der Waals surface area contributed by atoms with Crippen LogP contribution >= 0.6 is 11.6 Å². The highest BCUT2D eigenvalue weighted by Crippen LogP contribution is 2.33. The van der Waals surface area contributed by atoms with Crippen molar-refractivity contribution in [3.8, 4) is 0 Å². The number of carbonyl (C=O) groups excluding carboxylic acids is 2. The van der Waals surface area contributed by atoms with Crippen LogP contribution in [0.15, 0.2) is 18.2 Å². The van der Waals surface area contributed by atoms with Gasteiger partial charge in [-0.2, -0.15) is 0 Å². The molecule has 0 radical (unpaired) electrons. The van der Waals surface area contributed by atoms with Crippen LogP contribution in [0.3, 0.4) is 0 Å². The summed E-state index contributed by atoms with van der Waals surface area (Å²) in [7, 11) is 1.72. The molecule has 148 valence electrons. The van der Waals surface area contributed by atoms with Crippen LogP contribution in [0.4, 0.5) is 0 Å². The summed E-state index contributed by atoms with van der Waals surface area (Å²) < 4.78 is 5.49. The molecule has 3 rings (SSSR count). The molecule has 1 aliphatic carbocycles. The Balaban J connectivity index is 1.74. The normalized spacial score (nSPS) is 27.8. The number of ether oxygens (including phenoxy) is 1. The summed E-state index contributed by atoms with van der Waals surface area (Å²) in [6.45, 7) is 4.15. The third-order valence-corrected chi connectivity index (χ3v) is 5.85. The Morgan fingerprint density at radius 1 is 1.37 bits per heavy atom. The number of hydrogen-bond donors (Lipinski definition) is 3. The molecule has 6 nitrogen and oxygen atoms in total. The van der Waals surface area contributed by atoms with Gasteiger partial charge in [-0.3, -0.25) is 14.9 Å². The van der Waals surface area contributed by atoms with Crippen LogP contribution in [0.5, 0.6) is 0 Å². The zero-order valence-corrected chi connectivity index (χ0v) is 16.8. The molecule has 1 aromatic carbocycles. The fourth-order valence-electron chi connectivity index (χ4n) is 3.83. The lowest BCUT2D eigenvalue weighted by Crippen LogP contribution is -2.59. The zero-order chi connectivity index (χ0) is 19.6. The largest absolute Gasteiger partial charge is 0.381 e. The summed E-state index contributed by atoms with van der Waals surface area (Å²) in [4.78, 5) is 24.4. The van der Waals surface area contributed by atoms with Gasteiger partial charge in [-0.05, 0) is 37.0 Å². The van der Waals surface area contributed by atoms with E-state index in [1.165, 1.54) is 0 Å². The zero-order valence-electron chi connectivity index (χ0n) is 16.0. The molecule has 2 fully saturated rings. The highest BCUT2D eigenvalue weighted by molar-refractivity contribution is 6.31. The summed E-state index contributed by atoms with van der Waals surface area (Å²) in [6.07, 6.45) is 2.38. The lowest BCUT2D eigenvalue weighted by Gasteiger charge is -2.42. The molecule has 1 aromatic rings. The van der Waals surface area contributed by atoms with Crippen molar-refractivity contribution in [1.29, 1.82) is 0 Å². The summed E-state index contributed by atoms with van der Waals surface area (Å²) in [5, 5.41) is 10.1. The molecule has 1 heterocycles. The van der Waals surface area contributed by atoms with Crippen molar-refractivity contribution >= 4 is 23.4 Å². The molecule has 0 spiro atoms. The lowest BCUT2D eigenvalue weighted by atomic mass is 9.80. The number of benzene rings is 1. The van der Waals surface area contributed by atoms with Gasteiger partial charge in [0.2, 0.25) is 11.8 Å². The monoisotopic (exact) mass is 393 g/mol. The molecule has 0 aromatic heterocycles. The minimum Gasteiger partial charge on any atom is -0.381 e. The van der Waals surface area contributed by atoms with E-state index < -0.39 is 0 Å². The van der Waals surface area contributed by atoms with Gasteiger partial charge in [0.1, 0.15) is 6.17 Å². The molecule has 4 atom stereocenters. The molecule has 7 heteroatoms. The first-order chi connectivity index (χ1) is 12.9. The van der Waals surface area contributed by atoms with E-state index in [1.54, 1.807) is 7.11 Å². The van der Waals surface area contributed by atoms with Crippen LogP contribution in [-0.2, 0) is 20.9 Å². The van der Waals surface area contributed by atoms with Gasteiger partial charge in [-0.1, -0.05) is 31.5 Å². The average molecular weight is 394 g/mol. The van der Waals surface area contributed by atoms with Gasteiger partial charge in [-0.25, -0.2) is 0 Å². The van der Waals surface area contributed by atoms with E-state index in [0.29, 0.717) is 11.6 Å². The van der Waals surface area contributed by atoms with Crippen molar-refractivity contribution in [2.24, 2.45) is 11.8 Å². The number of nitrogens with one attached hydrogen (secondary N) is 3. The molecular weight excluding hydrogens is 366 g/mol. The second-order valence-electron chi connectivity index (χ2n) is 7.72. The Bertz CT molecular complexity index is 710. The second-order valence-corrected chi connectivity index (χ2v) is 8.13. The van der Waals surface area contributed by atoms with Crippen molar-refractivity contribution in [1.82, 2.24) is 16.0 Å². The van der Waals surface area contributed by atoms with Gasteiger partial charge in [0, 0.05) is 36.2 Å². The first-order valence-corrected chi connectivity index (χ1v) is 9.92. The number of halogens is 1. The number of methoxy groups -OCH3 is 1. The maximum absolute atomic E-state index is 12.6. The quantitative estimate of drug-likeness (QED) is 0.718. The van der Waals surface area contributed by atoms with Gasteiger partial charge in [0.05, 0.1) is 12.0 Å². The number of fused-ring (bicyclic) bond motifs is 1. The smallest absolute Gasteiger partial charge is 0.226 e. The first kappa shape index (κ1) is 20.1. The van der Waals surface area contributed by atoms with Crippen LogP contribution in [0.25, 0.3) is 0 Å². The Labute approximate surface area is 165 Å². The van der Waals surface area contributed by atoms with Crippen molar-refractivity contribution in [2.45, 2.75) is 58.0 Å². The van der Waals surface area contributed by atoms with E-state index in [9.17, 15) is 9.59 Å². The maximum atomic E-state index is 12.6. The molecule has 1 saturated carbocycles. The second kappa shape index (κ2) is 8.59. The summed E-state index contributed by atoms with van der Waals surface area (Å²) >= 11 is 6.42. The van der Waals surface area contributed by atoms with Crippen LogP contribution in [0.1, 0.15) is 50.4 Å². The van der Waals surface area contributed by atoms with Crippen LogP contribution in [0.2, 0.25) is 5.02 Å². The van der Waals surface area contributed by atoms with Crippen LogP contribution in [-0.4, -0.2) is 31.1 Å². The molecule has 4 unspecified atom stereocenters. The number of amides is 2. The summed E-state index contributed by atoms with van der Waals surface area (Å²) in [6, 6.07) is 5.72. The van der Waals surface area contributed by atoms with Crippen molar-refractivity contribution < 1.29 is 14.3 Å². The maximum Gasteiger partial charge on any atom is 0.226 e. The minimum atomic E-state index is -0.345. The van der Waals surface area contributed by atoms with E-state index in [-0.39, 0.29) is 42.0 Å².